The summed E-state index contributed by atoms with van der Waals surface area (Å²) >= 11 is 2.13. The van der Waals surface area contributed by atoms with Gasteiger partial charge in [-0.3, -0.25) is 0 Å². The van der Waals surface area contributed by atoms with Crippen molar-refractivity contribution in [2.75, 3.05) is 11.5 Å². The second-order valence-electron chi connectivity index (χ2n) is 5.06. The van der Waals surface area contributed by atoms with Crippen LogP contribution in [0.4, 0.5) is 0 Å². The minimum atomic E-state index is 0.882. The molecule has 0 aliphatic carbocycles. The second kappa shape index (κ2) is 4.82. The number of aryl methyl sites for hydroxylation is 1. The van der Waals surface area contributed by atoms with E-state index in [4.69, 9.17) is 0 Å². The van der Waals surface area contributed by atoms with Crippen LogP contribution in [0.15, 0.2) is 6.20 Å². The zero-order valence-corrected chi connectivity index (χ0v) is 10.6. The summed E-state index contributed by atoms with van der Waals surface area (Å²) in [5, 5.41) is 0. The van der Waals surface area contributed by atoms with Gasteiger partial charge < -0.3 is 4.57 Å². The predicted molar refractivity (Wildman–Crippen MR) is 68.9 cm³/mol. The number of hydrogen-bond donors (Lipinski definition) is 0. The third-order valence-electron chi connectivity index (χ3n) is 3.81. The molecule has 0 N–H and O–H groups in total. The van der Waals surface area contributed by atoms with Gasteiger partial charge in [0.15, 0.2) is 0 Å². The monoisotopic (exact) mass is 236 g/mol. The summed E-state index contributed by atoms with van der Waals surface area (Å²) < 4.78 is 2.49. The van der Waals surface area contributed by atoms with E-state index >= 15 is 0 Å². The lowest BCUT2D eigenvalue weighted by Crippen LogP contribution is -2.18. The van der Waals surface area contributed by atoms with Crippen molar-refractivity contribution in [3.63, 3.8) is 0 Å². The second-order valence-corrected chi connectivity index (χ2v) is 6.21. The van der Waals surface area contributed by atoms with Crippen molar-refractivity contribution >= 4 is 11.8 Å². The van der Waals surface area contributed by atoms with Gasteiger partial charge in [0.25, 0.3) is 0 Å². The fraction of sp³-hybridized carbons (Fsp3) is 0.769. The van der Waals surface area contributed by atoms with Crippen LogP contribution in [0.1, 0.15) is 37.2 Å². The van der Waals surface area contributed by atoms with E-state index < -0.39 is 0 Å². The van der Waals surface area contributed by atoms with Crippen LogP contribution in [0.25, 0.3) is 0 Å². The Morgan fingerprint density at radius 2 is 2.38 bits per heavy atom. The van der Waals surface area contributed by atoms with Gasteiger partial charge in [-0.15, -0.1) is 0 Å². The molecule has 1 aromatic heterocycles. The summed E-state index contributed by atoms with van der Waals surface area (Å²) in [5.74, 6) is 4.97. The molecule has 1 saturated heterocycles. The number of nitrogens with zero attached hydrogens (tertiary/aromatic N) is 2. The summed E-state index contributed by atoms with van der Waals surface area (Å²) in [7, 11) is 0. The number of thioether (sulfide) groups is 1. The van der Waals surface area contributed by atoms with Gasteiger partial charge in [-0.1, -0.05) is 0 Å². The zero-order chi connectivity index (χ0) is 10.8. The van der Waals surface area contributed by atoms with Crippen molar-refractivity contribution in [2.45, 2.75) is 45.1 Å². The smallest absolute Gasteiger partial charge is 0.109 e. The maximum absolute atomic E-state index is 4.65. The topological polar surface area (TPSA) is 17.8 Å². The van der Waals surface area contributed by atoms with E-state index in [2.05, 4.69) is 27.5 Å². The van der Waals surface area contributed by atoms with Gasteiger partial charge in [0.05, 0.1) is 0 Å². The molecular formula is C13H20N2S. The maximum atomic E-state index is 4.65. The Hall–Kier alpha value is -0.440. The van der Waals surface area contributed by atoms with Gasteiger partial charge in [0.1, 0.15) is 5.82 Å². The van der Waals surface area contributed by atoms with Crippen molar-refractivity contribution in [1.29, 1.82) is 0 Å². The first kappa shape index (κ1) is 10.7. The van der Waals surface area contributed by atoms with Gasteiger partial charge in [-0.05, 0) is 49.5 Å². The lowest BCUT2D eigenvalue weighted by atomic mass is 10.0. The number of fused-ring (bicyclic) bond motifs is 1. The van der Waals surface area contributed by atoms with Crippen molar-refractivity contribution < 1.29 is 0 Å². The van der Waals surface area contributed by atoms with E-state index in [1.807, 2.05) is 0 Å². The van der Waals surface area contributed by atoms with Crippen LogP contribution >= 0.6 is 11.8 Å². The van der Waals surface area contributed by atoms with Crippen molar-refractivity contribution in [3.05, 3.63) is 17.7 Å². The molecule has 2 nitrogen and oxygen atoms in total. The highest BCUT2D eigenvalue weighted by Crippen LogP contribution is 2.26. The zero-order valence-electron chi connectivity index (χ0n) is 9.82. The minimum absolute atomic E-state index is 0.882. The lowest BCUT2D eigenvalue weighted by Gasteiger charge is -2.22. The van der Waals surface area contributed by atoms with E-state index in [0.29, 0.717) is 0 Å². The van der Waals surface area contributed by atoms with Crippen LogP contribution in [0.3, 0.4) is 0 Å². The van der Waals surface area contributed by atoms with Gasteiger partial charge in [-0.25, -0.2) is 4.98 Å². The fourth-order valence-electron chi connectivity index (χ4n) is 2.89. The van der Waals surface area contributed by atoms with Gasteiger partial charge in [-0.2, -0.15) is 11.8 Å². The summed E-state index contributed by atoms with van der Waals surface area (Å²) in [6, 6.07) is 0. The van der Waals surface area contributed by atoms with Crippen LogP contribution in [-0.2, 0) is 19.4 Å². The predicted octanol–water partition coefficient (Wildman–Crippen LogP) is 2.91. The molecule has 3 heterocycles. The molecule has 3 heteroatoms. The third-order valence-corrected chi connectivity index (χ3v) is 5.10. The number of aromatic nitrogens is 2. The molecule has 1 unspecified atom stereocenters. The maximum Gasteiger partial charge on any atom is 0.109 e. The first-order valence-electron chi connectivity index (χ1n) is 6.54. The summed E-state index contributed by atoms with van der Waals surface area (Å²) in [6.45, 7) is 1.21. The van der Waals surface area contributed by atoms with E-state index in [1.54, 1.807) is 0 Å². The molecule has 1 fully saturated rings. The van der Waals surface area contributed by atoms with Crippen LogP contribution in [0, 0.1) is 5.92 Å². The van der Waals surface area contributed by atoms with Crippen molar-refractivity contribution in [1.82, 2.24) is 9.55 Å². The van der Waals surface area contributed by atoms with Crippen LogP contribution in [0.2, 0.25) is 0 Å². The number of hydrogen-bond acceptors (Lipinski definition) is 2. The molecule has 0 bridgehead atoms. The molecule has 0 saturated carbocycles. The molecule has 1 atom stereocenters. The Kier molecular flexibility index (Phi) is 3.22. The Bertz CT molecular complexity index is 353. The highest BCUT2D eigenvalue weighted by atomic mass is 32.2. The van der Waals surface area contributed by atoms with Gasteiger partial charge in [0.2, 0.25) is 0 Å². The summed E-state index contributed by atoms with van der Waals surface area (Å²) in [4.78, 5) is 4.65. The minimum Gasteiger partial charge on any atom is -0.332 e. The Morgan fingerprint density at radius 3 is 3.25 bits per heavy atom. The van der Waals surface area contributed by atoms with Crippen LogP contribution in [-0.4, -0.2) is 21.1 Å². The Labute approximate surface area is 102 Å². The highest BCUT2D eigenvalue weighted by molar-refractivity contribution is 7.99. The van der Waals surface area contributed by atoms with Crippen molar-refractivity contribution in [2.24, 2.45) is 5.92 Å². The van der Waals surface area contributed by atoms with Crippen LogP contribution < -0.4 is 0 Å². The van der Waals surface area contributed by atoms with Crippen LogP contribution in [0.5, 0.6) is 0 Å². The molecule has 2 aliphatic rings. The van der Waals surface area contributed by atoms with E-state index in [9.17, 15) is 0 Å². The average molecular weight is 236 g/mol. The Morgan fingerprint density at radius 1 is 1.38 bits per heavy atom. The molecule has 1 aromatic rings. The summed E-state index contributed by atoms with van der Waals surface area (Å²) in [6.07, 6.45) is 10.1. The number of imidazole rings is 1. The lowest BCUT2D eigenvalue weighted by molar-refractivity contribution is 0.465. The molecule has 0 spiro atoms. The molecule has 0 amide bonds. The fourth-order valence-corrected chi connectivity index (χ4v) is 4.05. The third kappa shape index (κ3) is 2.15. The molecule has 16 heavy (non-hydrogen) atoms. The van der Waals surface area contributed by atoms with E-state index in [-0.39, 0.29) is 0 Å². The van der Waals surface area contributed by atoms with E-state index in [0.717, 1.165) is 5.92 Å². The first-order chi connectivity index (χ1) is 7.93. The molecule has 3 rings (SSSR count). The first-order valence-corrected chi connectivity index (χ1v) is 7.70. The largest absolute Gasteiger partial charge is 0.332 e. The standard InChI is InChI=1S/C13H20N2S/c1-2-6-15-12(5-1)9-14-13(15)8-11-4-3-7-16-10-11/h9,11H,1-8,10H2. The molecule has 0 aromatic carbocycles. The molecule has 0 radical (unpaired) electrons. The van der Waals surface area contributed by atoms with E-state index in [1.165, 1.54) is 68.1 Å². The number of rotatable bonds is 2. The quantitative estimate of drug-likeness (QED) is 0.786. The summed E-state index contributed by atoms with van der Waals surface area (Å²) in [5.41, 5.74) is 1.48. The molecular weight excluding hydrogens is 216 g/mol. The molecule has 88 valence electrons. The molecule has 2 aliphatic heterocycles. The Balaban J connectivity index is 1.71. The average Bonchev–Trinajstić information content (AvgIpc) is 2.74. The SMILES string of the molecule is c1nc(CC2CCCSC2)n2c1CCCC2. The highest BCUT2D eigenvalue weighted by Gasteiger charge is 2.19. The van der Waals surface area contributed by atoms with Gasteiger partial charge in [0, 0.05) is 24.9 Å². The van der Waals surface area contributed by atoms with Gasteiger partial charge >= 0.3 is 0 Å². The van der Waals surface area contributed by atoms with Crippen molar-refractivity contribution in [3.8, 4) is 0 Å². The normalized spacial score (nSPS) is 25.4.